The van der Waals surface area contributed by atoms with Gasteiger partial charge in [0.25, 0.3) is 0 Å². The first kappa shape index (κ1) is 16.0. The molecule has 4 heteroatoms. The Bertz CT molecular complexity index is 634. The lowest BCUT2D eigenvalue weighted by Gasteiger charge is -2.29. The van der Waals surface area contributed by atoms with Gasteiger partial charge in [0.05, 0.1) is 7.05 Å². The van der Waals surface area contributed by atoms with Crippen molar-refractivity contribution >= 4 is 5.69 Å². The maximum absolute atomic E-state index is 10.5. The SMILES string of the molecule is C[C@H]([C@H](O)c1ccccc1)[NH+](C)[C@@H](C#N)c1ccc(N)cc1. The maximum atomic E-state index is 10.5. The number of nitriles is 1. The predicted octanol–water partition coefficient (Wildman–Crippen LogP) is 1.47. The zero-order chi connectivity index (χ0) is 16.1. The van der Waals surface area contributed by atoms with E-state index in [0.29, 0.717) is 5.69 Å². The first-order valence-corrected chi connectivity index (χ1v) is 7.36. The Labute approximate surface area is 131 Å². The number of benzene rings is 2. The van der Waals surface area contributed by atoms with Gasteiger partial charge < -0.3 is 15.7 Å². The van der Waals surface area contributed by atoms with Crippen molar-refractivity contribution in [3.05, 3.63) is 65.7 Å². The molecule has 0 fully saturated rings. The molecular formula is C18H22N3O+. The molecule has 1 unspecified atom stereocenters. The van der Waals surface area contributed by atoms with Gasteiger partial charge in [-0.2, -0.15) is 5.26 Å². The van der Waals surface area contributed by atoms with Gasteiger partial charge in [-0.25, -0.2) is 0 Å². The van der Waals surface area contributed by atoms with E-state index in [4.69, 9.17) is 5.73 Å². The largest absolute Gasteiger partial charge is 0.399 e. The third-order valence-electron chi connectivity index (χ3n) is 4.19. The van der Waals surface area contributed by atoms with Gasteiger partial charge in [0.2, 0.25) is 6.04 Å². The smallest absolute Gasteiger partial charge is 0.200 e. The van der Waals surface area contributed by atoms with Gasteiger partial charge in [-0.3, -0.25) is 0 Å². The normalized spacial score (nSPS) is 16.3. The highest BCUT2D eigenvalue weighted by Gasteiger charge is 2.30. The summed E-state index contributed by atoms with van der Waals surface area (Å²) in [4.78, 5) is 0.948. The predicted molar refractivity (Wildman–Crippen MR) is 87.0 cm³/mol. The van der Waals surface area contributed by atoms with E-state index in [-0.39, 0.29) is 12.1 Å². The van der Waals surface area contributed by atoms with Crippen LogP contribution in [0.2, 0.25) is 0 Å². The van der Waals surface area contributed by atoms with Crippen LogP contribution in [-0.4, -0.2) is 18.2 Å². The fraction of sp³-hybridized carbons (Fsp3) is 0.278. The van der Waals surface area contributed by atoms with E-state index in [0.717, 1.165) is 16.0 Å². The number of quaternary nitrogens is 1. The van der Waals surface area contributed by atoms with Crippen LogP contribution in [-0.2, 0) is 0 Å². The monoisotopic (exact) mass is 296 g/mol. The van der Waals surface area contributed by atoms with Gasteiger partial charge in [-0.1, -0.05) is 30.3 Å². The molecule has 0 amide bonds. The highest BCUT2D eigenvalue weighted by molar-refractivity contribution is 5.40. The standard InChI is InChI=1S/C18H21N3O/c1-13(18(22)15-6-4-3-5-7-15)21(2)17(12-19)14-8-10-16(20)11-9-14/h3-11,13,17-18,22H,20H2,1-2H3/p+1/t13-,17+,18+/m1/s1. The summed E-state index contributed by atoms with van der Waals surface area (Å²) >= 11 is 0. The molecule has 0 spiro atoms. The van der Waals surface area contributed by atoms with Crippen LogP contribution >= 0.6 is 0 Å². The summed E-state index contributed by atoms with van der Waals surface area (Å²) in [6.45, 7) is 1.95. The Morgan fingerprint density at radius 3 is 2.18 bits per heavy atom. The highest BCUT2D eigenvalue weighted by atomic mass is 16.3. The van der Waals surface area contributed by atoms with Gasteiger partial charge >= 0.3 is 0 Å². The van der Waals surface area contributed by atoms with E-state index < -0.39 is 6.10 Å². The molecule has 0 aliphatic rings. The van der Waals surface area contributed by atoms with Crippen LogP contribution in [0.3, 0.4) is 0 Å². The zero-order valence-corrected chi connectivity index (χ0v) is 12.9. The lowest BCUT2D eigenvalue weighted by atomic mass is 9.99. The van der Waals surface area contributed by atoms with Crippen LogP contribution in [0.4, 0.5) is 5.69 Å². The Hall–Kier alpha value is -2.35. The number of anilines is 1. The molecule has 0 saturated heterocycles. The number of aliphatic hydroxyl groups excluding tert-OH is 1. The number of hydrogen-bond donors (Lipinski definition) is 3. The fourth-order valence-electron chi connectivity index (χ4n) is 2.58. The number of nitrogens with one attached hydrogen (secondary N) is 1. The molecule has 2 rings (SSSR count). The zero-order valence-electron chi connectivity index (χ0n) is 12.9. The molecule has 0 heterocycles. The number of hydrogen-bond acceptors (Lipinski definition) is 3. The lowest BCUT2D eigenvalue weighted by Crippen LogP contribution is -3.13. The second-order valence-electron chi connectivity index (χ2n) is 5.62. The van der Waals surface area contributed by atoms with Crippen molar-refractivity contribution in [2.24, 2.45) is 0 Å². The summed E-state index contributed by atoms with van der Waals surface area (Å²) in [5.41, 5.74) is 8.14. The van der Waals surface area contributed by atoms with Gasteiger partial charge in [0.15, 0.2) is 0 Å². The first-order chi connectivity index (χ1) is 10.5. The van der Waals surface area contributed by atoms with E-state index in [9.17, 15) is 10.4 Å². The van der Waals surface area contributed by atoms with Crippen molar-refractivity contribution in [3.63, 3.8) is 0 Å². The summed E-state index contributed by atoms with van der Waals surface area (Å²) < 4.78 is 0. The van der Waals surface area contributed by atoms with Crippen LogP contribution in [0, 0.1) is 11.3 Å². The number of nitrogens with two attached hydrogens (primary N) is 1. The number of nitrogen functional groups attached to an aromatic ring is 1. The average molecular weight is 296 g/mol. The number of nitrogens with zero attached hydrogens (tertiary/aromatic N) is 1. The van der Waals surface area contributed by atoms with E-state index in [1.807, 2.05) is 56.4 Å². The highest BCUT2D eigenvalue weighted by Crippen LogP contribution is 2.17. The number of rotatable bonds is 5. The molecule has 0 radical (unpaired) electrons. The second-order valence-corrected chi connectivity index (χ2v) is 5.62. The van der Waals surface area contributed by atoms with Gasteiger partial charge in [-0.05, 0) is 36.8 Å². The van der Waals surface area contributed by atoms with Crippen LogP contribution in [0.5, 0.6) is 0 Å². The molecule has 0 saturated carbocycles. The Morgan fingerprint density at radius 1 is 1.05 bits per heavy atom. The van der Waals surface area contributed by atoms with E-state index in [1.54, 1.807) is 12.1 Å². The molecule has 4 nitrogen and oxygen atoms in total. The molecule has 22 heavy (non-hydrogen) atoms. The second kappa shape index (κ2) is 7.08. The van der Waals surface area contributed by atoms with Crippen LogP contribution in [0.15, 0.2) is 54.6 Å². The minimum absolute atomic E-state index is 0.121. The van der Waals surface area contributed by atoms with E-state index in [2.05, 4.69) is 6.07 Å². The molecule has 0 aliphatic carbocycles. The van der Waals surface area contributed by atoms with Crippen molar-refractivity contribution in [1.82, 2.24) is 0 Å². The fourth-order valence-corrected chi connectivity index (χ4v) is 2.58. The molecule has 0 aromatic heterocycles. The van der Waals surface area contributed by atoms with Crippen molar-refractivity contribution in [1.29, 1.82) is 5.26 Å². The van der Waals surface area contributed by atoms with Crippen molar-refractivity contribution in [2.45, 2.75) is 25.1 Å². The Morgan fingerprint density at radius 2 is 1.64 bits per heavy atom. The Balaban J connectivity index is 2.19. The van der Waals surface area contributed by atoms with Crippen molar-refractivity contribution in [2.75, 3.05) is 12.8 Å². The maximum Gasteiger partial charge on any atom is 0.200 e. The Kier molecular flexibility index (Phi) is 5.16. The molecule has 2 aromatic rings. The third-order valence-corrected chi connectivity index (χ3v) is 4.19. The van der Waals surface area contributed by atoms with Crippen LogP contribution < -0.4 is 10.6 Å². The summed E-state index contributed by atoms with van der Waals surface area (Å²) in [6, 6.07) is 18.7. The van der Waals surface area contributed by atoms with Crippen molar-refractivity contribution in [3.8, 4) is 6.07 Å². The third kappa shape index (κ3) is 3.45. The minimum Gasteiger partial charge on any atom is -0.399 e. The van der Waals surface area contributed by atoms with E-state index in [1.165, 1.54) is 0 Å². The number of aliphatic hydroxyl groups is 1. The minimum atomic E-state index is -0.620. The van der Waals surface area contributed by atoms with Gasteiger partial charge in [-0.15, -0.1) is 0 Å². The summed E-state index contributed by atoms with van der Waals surface area (Å²) in [5.74, 6) is 0. The molecule has 0 bridgehead atoms. The molecule has 4 atom stereocenters. The molecule has 114 valence electrons. The quantitative estimate of drug-likeness (QED) is 0.732. The number of likely N-dealkylation sites (N-methyl/N-ethyl adjacent to an activating group) is 1. The molecule has 0 aliphatic heterocycles. The van der Waals surface area contributed by atoms with Crippen LogP contribution in [0.1, 0.15) is 30.2 Å². The van der Waals surface area contributed by atoms with Gasteiger partial charge in [0, 0.05) is 11.3 Å². The molecular weight excluding hydrogens is 274 g/mol. The summed E-state index contributed by atoms with van der Waals surface area (Å²) in [7, 11) is 1.93. The lowest BCUT2D eigenvalue weighted by molar-refractivity contribution is -0.931. The van der Waals surface area contributed by atoms with Crippen LogP contribution in [0.25, 0.3) is 0 Å². The summed E-state index contributed by atoms with van der Waals surface area (Å²) in [6.07, 6.45) is -0.620. The molecule has 4 N–H and O–H groups in total. The van der Waals surface area contributed by atoms with E-state index >= 15 is 0 Å². The van der Waals surface area contributed by atoms with Gasteiger partial charge in [0.1, 0.15) is 18.2 Å². The first-order valence-electron chi connectivity index (χ1n) is 7.36. The average Bonchev–Trinajstić information content (AvgIpc) is 2.56. The topological polar surface area (TPSA) is 74.5 Å². The summed E-state index contributed by atoms with van der Waals surface area (Å²) in [5, 5.41) is 20.1. The molecule has 2 aromatic carbocycles. The van der Waals surface area contributed by atoms with Crippen molar-refractivity contribution < 1.29 is 10.0 Å².